The Balaban J connectivity index is 1.64. The van der Waals surface area contributed by atoms with Crippen LogP contribution < -0.4 is 16.0 Å². The van der Waals surface area contributed by atoms with E-state index < -0.39 is 0 Å². The van der Waals surface area contributed by atoms with Crippen LogP contribution in [0.4, 0.5) is 15.6 Å². The standard InChI is InChI=1S/C21H23ClN4O3S/c1-13-6-5-7-15(22)18(13)25-19(27)14-8-9-16-17(12-14)30-21(24-16)26-20(28)23-10-3-4-11-29-2/h5-9,12H,3-4,10-11H2,1-2H3,(H,25,27)(H2,23,24,26,28). The SMILES string of the molecule is COCCCCNC(=O)Nc1nc2ccc(C(=O)Nc3c(C)cccc3Cl)cc2s1. The number of nitrogens with one attached hydrogen (secondary N) is 3. The molecule has 3 aromatic rings. The van der Waals surface area contributed by atoms with Crippen molar-refractivity contribution < 1.29 is 14.3 Å². The number of para-hydroxylation sites is 1. The van der Waals surface area contributed by atoms with Gasteiger partial charge in [-0.15, -0.1) is 0 Å². The highest BCUT2D eigenvalue weighted by atomic mass is 35.5. The number of ether oxygens (including phenoxy) is 1. The number of fused-ring (bicyclic) bond motifs is 1. The van der Waals surface area contributed by atoms with Gasteiger partial charge in [0, 0.05) is 25.8 Å². The molecule has 1 heterocycles. The number of aryl methyl sites for hydroxylation is 1. The summed E-state index contributed by atoms with van der Waals surface area (Å²) >= 11 is 7.50. The summed E-state index contributed by atoms with van der Waals surface area (Å²) in [5.41, 5.74) is 2.67. The number of amides is 3. The number of halogens is 1. The molecule has 3 N–H and O–H groups in total. The van der Waals surface area contributed by atoms with Gasteiger partial charge in [0.05, 0.1) is 20.9 Å². The maximum absolute atomic E-state index is 12.7. The summed E-state index contributed by atoms with van der Waals surface area (Å²) in [6.45, 7) is 3.12. The number of nitrogens with zero attached hydrogens (tertiary/aromatic N) is 1. The van der Waals surface area contributed by atoms with Gasteiger partial charge in [-0.05, 0) is 49.6 Å². The minimum atomic E-state index is -0.307. The second-order valence-electron chi connectivity index (χ2n) is 6.67. The third kappa shape index (κ3) is 5.69. The Labute approximate surface area is 183 Å². The molecule has 0 unspecified atom stereocenters. The Morgan fingerprint density at radius 2 is 2.00 bits per heavy atom. The van der Waals surface area contributed by atoms with E-state index in [1.165, 1.54) is 11.3 Å². The summed E-state index contributed by atoms with van der Waals surface area (Å²) in [6.07, 6.45) is 1.72. The molecule has 0 radical (unpaired) electrons. The van der Waals surface area contributed by atoms with Crippen molar-refractivity contribution in [1.82, 2.24) is 10.3 Å². The number of hydrogen-bond donors (Lipinski definition) is 3. The van der Waals surface area contributed by atoms with Crippen LogP contribution in [0.25, 0.3) is 10.2 Å². The number of carbonyl (C=O) groups excluding carboxylic acids is 2. The maximum atomic E-state index is 12.7. The number of carbonyl (C=O) groups is 2. The smallest absolute Gasteiger partial charge is 0.321 e. The fourth-order valence-corrected chi connectivity index (χ4v) is 3.98. The van der Waals surface area contributed by atoms with Crippen molar-refractivity contribution in [2.75, 3.05) is 30.9 Å². The molecule has 0 bridgehead atoms. The summed E-state index contributed by atoms with van der Waals surface area (Å²) in [5, 5.41) is 9.34. The summed E-state index contributed by atoms with van der Waals surface area (Å²) in [6, 6.07) is 10.4. The minimum Gasteiger partial charge on any atom is -0.385 e. The van der Waals surface area contributed by atoms with Crippen LogP contribution in [-0.4, -0.2) is 37.2 Å². The fourth-order valence-electron chi connectivity index (χ4n) is 2.81. The van der Waals surface area contributed by atoms with E-state index in [9.17, 15) is 9.59 Å². The van der Waals surface area contributed by atoms with Gasteiger partial charge >= 0.3 is 6.03 Å². The number of hydrogen-bond acceptors (Lipinski definition) is 5. The second kappa shape index (κ2) is 10.4. The molecule has 0 aliphatic heterocycles. The first-order chi connectivity index (χ1) is 14.5. The highest BCUT2D eigenvalue weighted by molar-refractivity contribution is 7.22. The Bertz CT molecular complexity index is 1030. The third-order valence-corrected chi connectivity index (χ3v) is 5.64. The molecule has 0 spiro atoms. The van der Waals surface area contributed by atoms with Gasteiger partial charge in [-0.1, -0.05) is 35.1 Å². The lowest BCUT2D eigenvalue weighted by Gasteiger charge is -2.10. The molecular formula is C21H23ClN4O3S. The summed E-state index contributed by atoms with van der Waals surface area (Å²) in [7, 11) is 1.65. The Morgan fingerprint density at radius 1 is 1.17 bits per heavy atom. The van der Waals surface area contributed by atoms with Gasteiger partial charge in [-0.2, -0.15) is 0 Å². The van der Waals surface area contributed by atoms with E-state index in [0.29, 0.717) is 40.1 Å². The highest BCUT2D eigenvalue weighted by Crippen LogP contribution is 2.29. The van der Waals surface area contributed by atoms with Crippen LogP contribution >= 0.6 is 22.9 Å². The minimum absolute atomic E-state index is 0.259. The molecule has 30 heavy (non-hydrogen) atoms. The van der Waals surface area contributed by atoms with Crippen molar-refractivity contribution in [1.29, 1.82) is 0 Å². The van der Waals surface area contributed by atoms with Crippen LogP contribution in [-0.2, 0) is 4.74 Å². The van der Waals surface area contributed by atoms with E-state index in [2.05, 4.69) is 20.9 Å². The van der Waals surface area contributed by atoms with Gasteiger partial charge in [0.25, 0.3) is 5.91 Å². The first-order valence-electron chi connectivity index (χ1n) is 9.49. The molecule has 3 rings (SSSR count). The number of aromatic nitrogens is 1. The molecular weight excluding hydrogens is 424 g/mol. The number of methoxy groups -OCH3 is 1. The van der Waals surface area contributed by atoms with Gasteiger partial charge in [0.2, 0.25) is 0 Å². The summed E-state index contributed by atoms with van der Waals surface area (Å²) in [4.78, 5) is 29.1. The molecule has 0 aliphatic carbocycles. The van der Waals surface area contributed by atoms with Crippen molar-refractivity contribution >= 4 is 55.9 Å². The monoisotopic (exact) mass is 446 g/mol. The van der Waals surface area contributed by atoms with Crippen LogP contribution in [0.15, 0.2) is 36.4 Å². The van der Waals surface area contributed by atoms with Crippen LogP contribution in [0, 0.1) is 6.92 Å². The van der Waals surface area contributed by atoms with E-state index in [0.717, 1.165) is 23.1 Å². The Morgan fingerprint density at radius 3 is 2.77 bits per heavy atom. The number of urea groups is 1. The molecule has 0 aliphatic rings. The van der Waals surface area contributed by atoms with Crippen LogP contribution in [0.3, 0.4) is 0 Å². The van der Waals surface area contributed by atoms with Gasteiger partial charge in [0.1, 0.15) is 0 Å². The lowest BCUT2D eigenvalue weighted by atomic mass is 10.1. The molecule has 0 saturated heterocycles. The fraction of sp³-hybridized carbons (Fsp3) is 0.286. The average Bonchev–Trinajstić information content (AvgIpc) is 3.11. The zero-order valence-corrected chi connectivity index (χ0v) is 18.3. The number of anilines is 2. The van der Waals surface area contributed by atoms with Gasteiger partial charge < -0.3 is 15.4 Å². The van der Waals surface area contributed by atoms with E-state index in [4.69, 9.17) is 16.3 Å². The van der Waals surface area contributed by atoms with Crippen molar-refractivity contribution in [2.24, 2.45) is 0 Å². The largest absolute Gasteiger partial charge is 0.385 e. The van der Waals surface area contributed by atoms with Crippen LogP contribution in [0.2, 0.25) is 5.02 Å². The summed E-state index contributed by atoms with van der Waals surface area (Å²) < 4.78 is 5.78. The molecule has 2 aromatic carbocycles. The van der Waals surface area contributed by atoms with E-state index in [1.807, 2.05) is 19.1 Å². The molecule has 0 atom stereocenters. The van der Waals surface area contributed by atoms with E-state index in [1.54, 1.807) is 31.4 Å². The lowest BCUT2D eigenvalue weighted by Crippen LogP contribution is -2.29. The maximum Gasteiger partial charge on any atom is 0.321 e. The topological polar surface area (TPSA) is 92.3 Å². The second-order valence-corrected chi connectivity index (χ2v) is 8.11. The highest BCUT2D eigenvalue weighted by Gasteiger charge is 2.13. The van der Waals surface area contributed by atoms with Crippen molar-refractivity contribution in [3.63, 3.8) is 0 Å². The van der Waals surface area contributed by atoms with E-state index >= 15 is 0 Å². The van der Waals surface area contributed by atoms with Crippen LogP contribution in [0.1, 0.15) is 28.8 Å². The zero-order chi connectivity index (χ0) is 21.5. The quantitative estimate of drug-likeness (QED) is 0.422. The lowest BCUT2D eigenvalue weighted by molar-refractivity contribution is 0.102. The van der Waals surface area contributed by atoms with Crippen molar-refractivity contribution in [3.05, 3.63) is 52.5 Å². The predicted molar refractivity (Wildman–Crippen MR) is 122 cm³/mol. The van der Waals surface area contributed by atoms with Crippen molar-refractivity contribution in [3.8, 4) is 0 Å². The van der Waals surface area contributed by atoms with Gasteiger partial charge in [-0.3, -0.25) is 10.1 Å². The van der Waals surface area contributed by atoms with Crippen LogP contribution in [0.5, 0.6) is 0 Å². The molecule has 158 valence electrons. The summed E-state index contributed by atoms with van der Waals surface area (Å²) in [5.74, 6) is -0.259. The zero-order valence-electron chi connectivity index (χ0n) is 16.8. The van der Waals surface area contributed by atoms with Gasteiger partial charge in [0.15, 0.2) is 5.13 Å². The molecule has 9 heteroatoms. The molecule has 0 fully saturated rings. The number of unbranched alkanes of at least 4 members (excludes halogenated alkanes) is 1. The predicted octanol–water partition coefficient (Wildman–Crippen LogP) is 5.06. The third-order valence-electron chi connectivity index (χ3n) is 4.39. The average molecular weight is 447 g/mol. The van der Waals surface area contributed by atoms with Crippen molar-refractivity contribution in [2.45, 2.75) is 19.8 Å². The first-order valence-corrected chi connectivity index (χ1v) is 10.7. The Hall–Kier alpha value is -2.68. The molecule has 3 amide bonds. The molecule has 1 aromatic heterocycles. The normalized spacial score (nSPS) is 10.8. The first kappa shape index (κ1) is 22.0. The van der Waals surface area contributed by atoms with E-state index in [-0.39, 0.29) is 11.9 Å². The Kier molecular flexibility index (Phi) is 7.62. The number of benzene rings is 2. The number of thiazole rings is 1. The molecule has 7 nitrogen and oxygen atoms in total. The number of rotatable bonds is 8. The van der Waals surface area contributed by atoms with Gasteiger partial charge in [-0.25, -0.2) is 9.78 Å². The molecule has 0 saturated carbocycles.